The first kappa shape index (κ1) is 16.0. The van der Waals surface area contributed by atoms with Crippen LogP contribution in [0.5, 0.6) is 0 Å². The molecule has 2 fully saturated rings. The van der Waals surface area contributed by atoms with E-state index < -0.39 is 0 Å². The summed E-state index contributed by atoms with van der Waals surface area (Å²) < 4.78 is 0. The summed E-state index contributed by atoms with van der Waals surface area (Å²) in [5, 5.41) is 0. The zero-order chi connectivity index (χ0) is 16.6. The molecule has 0 aliphatic carbocycles. The predicted octanol–water partition coefficient (Wildman–Crippen LogP) is 2.77. The van der Waals surface area contributed by atoms with Gasteiger partial charge in [-0.3, -0.25) is 9.59 Å². The fourth-order valence-electron chi connectivity index (χ4n) is 3.93. The number of amides is 2. The van der Waals surface area contributed by atoms with Gasteiger partial charge in [-0.25, -0.2) is 0 Å². The van der Waals surface area contributed by atoms with E-state index in [4.69, 9.17) is 0 Å². The van der Waals surface area contributed by atoms with Gasteiger partial charge in [0.05, 0.1) is 12.0 Å². The van der Waals surface area contributed by atoms with Gasteiger partial charge < -0.3 is 9.80 Å². The summed E-state index contributed by atoms with van der Waals surface area (Å²) >= 11 is 0. The number of nitrogens with zero attached hydrogens (tertiary/aromatic N) is 2. The lowest BCUT2D eigenvalue weighted by molar-refractivity contribution is -0.138. The van der Waals surface area contributed by atoms with Crippen LogP contribution in [0.1, 0.15) is 43.4 Å². The summed E-state index contributed by atoms with van der Waals surface area (Å²) in [6, 6.07) is 8.07. The Kier molecular flexibility index (Phi) is 4.42. The number of carbonyl (C=O) groups is 2. The zero-order valence-electron chi connectivity index (χ0n) is 14.3. The highest BCUT2D eigenvalue weighted by Crippen LogP contribution is 2.38. The molecule has 0 unspecified atom stereocenters. The molecule has 0 spiro atoms. The third-order valence-electron chi connectivity index (χ3n) is 5.29. The van der Waals surface area contributed by atoms with Gasteiger partial charge >= 0.3 is 0 Å². The summed E-state index contributed by atoms with van der Waals surface area (Å²) in [6.07, 6.45) is 2.59. The Bertz CT molecular complexity index is 596. The zero-order valence-corrected chi connectivity index (χ0v) is 14.3. The Hall–Kier alpha value is -1.84. The maximum absolute atomic E-state index is 13.0. The largest absolute Gasteiger partial charge is 0.342 e. The van der Waals surface area contributed by atoms with Crippen LogP contribution in [0.3, 0.4) is 0 Å². The molecule has 1 aromatic rings. The number of hydrogen-bond acceptors (Lipinski definition) is 2. The van der Waals surface area contributed by atoms with Gasteiger partial charge in [0, 0.05) is 26.6 Å². The molecule has 2 aliphatic heterocycles. The Balaban J connectivity index is 1.85. The molecule has 0 N–H and O–H groups in total. The normalized spacial score (nSPS) is 28.3. The summed E-state index contributed by atoms with van der Waals surface area (Å²) in [7, 11) is 1.82. The third-order valence-corrected chi connectivity index (χ3v) is 5.29. The average molecular weight is 314 g/mol. The van der Waals surface area contributed by atoms with E-state index in [9.17, 15) is 9.59 Å². The smallest absolute Gasteiger partial charge is 0.228 e. The highest BCUT2D eigenvalue weighted by Gasteiger charge is 2.44. The highest BCUT2D eigenvalue weighted by molar-refractivity contribution is 5.90. The third kappa shape index (κ3) is 3.12. The molecule has 0 aromatic heterocycles. The molecule has 3 atom stereocenters. The van der Waals surface area contributed by atoms with Gasteiger partial charge in [-0.05, 0) is 31.2 Å². The number of rotatable bonds is 2. The van der Waals surface area contributed by atoms with Gasteiger partial charge in [-0.1, -0.05) is 36.8 Å². The van der Waals surface area contributed by atoms with Gasteiger partial charge in [-0.2, -0.15) is 0 Å². The SMILES string of the molecule is Cc1ccc([C@@H]2[C@H](C(=O)N3CCC[C@@H](C)C3)CC(=O)N2C)cc1. The topological polar surface area (TPSA) is 40.6 Å². The second-order valence-corrected chi connectivity index (χ2v) is 7.20. The van der Waals surface area contributed by atoms with Crippen molar-refractivity contribution in [3.8, 4) is 0 Å². The number of benzene rings is 1. The van der Waals surface area contributed by atoms with E-state index in [1.165, 1.54) is 12.0 Å². The quantitative estimate of drug-likeness (QED) is 0.842. The van der Waals surface area contributed by atoms with E-state index in [2.05, 4.69) is 19.1 Å². The minimum atomic E-state index is -0.250. The van der Waals surface area contributed by atoms with Gasteiger partial charge in [-0.15, -0.1) is 0 Å². The van der Waals surface area contributed by atoms with Crippen molar-refractivity contribution in [1.82, 2.24) is 9.80 Å². The Morgan fingerprint density at radius 1 is 1.22 bits per heavy atom. The Morgan fingerprint density at radius 2 is 1.91 bits per heavy atom. The van der Waals surface area contributed by atoms with Crippen LogP contribution in [-0.2, 0) is 9.59 Å². The predicted molar refractivity (Wildman–Crippen MR) is 89.8 cm³/mol. The van der Waals surface area contributed by atoms with Gasteiger partial charge in [0.2, 0.25) is 11.8 Å². The minimum Gasteiger partial charge on any atom is -0.342 e. The lowest BCUT2D eigenvalue weighted by atomic mass is 9.90. The second-order valence-electron chi connectivity index (χ2n) is 7.20. The molecule has 0 saturated carbocycles. The summed E-state index contributed by atoms with van der Waals surface area (Å²) in [5.74, 6) is 0.527. The number of hydrogen-bond donors (Lipinski definition) is 0. The van der Waals surface area contributed by atoms with Crippen molar-refractivity contribution in [3.05, 3.63) is 35.4 Å². The number of piperidine rings is 1. The van der Waals surface area contributed by atoms with Crippen LogP contribution in [0.4, 0.5) is 0 Å². The van der Waals surface area contributed by atoms with E-state index in [-0.39, 0.29) is 23.8 Å². The minimum absolute atomic E-state index is 0.0685. The molecular formula is C19H26N2O2. The molecule has 4 heteroatoms. The maximum Gasteiger partial charge on any atom is 0.228 e. The van der Waals surface area contributed by atoms with E-state index in [0.717, 1.165) is 25.1 Å². The van der Waals surface area contributed by atoms with Crippen LogP contribution >= 0.6 is 0 Å². The van der Waals surface area contributed by atoms with Crippen LogP contribution in [0.2, 0.25) is 0 Å². The van der Waals surface area contributed by atoms with E-state index >= 15 is 0 Å². The molecule has 0 radical (unpaired) electrons. The fraction of sp³-hybridized carbons (Fsp3) is 0.579. The van der Waals surface area contributed by atoms with Crippen LogP contribution in [0.25, 0.3) is 0 Å². The second kappa shape index (κ2) is 6.34. The number of carbonyl (C=O) groups excluding carboxylic acids is 2. The molecule has 23 heavy (non-hydrogen) atoms. The number of aryl methyl sites for hydroxylation is 1. The first-order valence-corrected chi connectivity index (χ1v) is 8.58. The Labute approximate surface area is 138 Å². The molecule has 2 amide bonds. The van der Waals surface area contributed by atoms with Gasteiger partial charge in [0.15, 0.2) is 0 Å². The van der Waals surface area contributed by atoms with Crippen molar-refractivity contribution in [2.45, 2.75) is 39.2 Å². The van der Waals surface area contributed by atoms with E-state index in [0.29, 0.717) is 12.3 Å². The van der Waals surface area contributed by atoms with E-state index in [1.807, 2.05) is 31.0 Å². The van der Waals surface area contributed by atoms with Gasteiger partial charge in [0.25, 0.3) is 0 Å². The fourth-order valence-corrected chi connectivity index (χ4v) is 3.93. The summed E-state index contributed by atoms with van der Waals surface area (Å²) in [6.45, 7) is 5.90. The summed E-state index contributed by atoms with van der Waals surface area (Å²) in [4.78, 5) is 29.0. The first-order valence-electron chi connectivity index (χ1n) is 8.58. The molecular weight excluding hydrogens is 288 g/mol. The van der Waals surface area contributed by atoms with Crippen molar-refractivity contribution in [2.24, 2.45) is 11.8 Å². The van der Waals surface area contributed by atoms with Crippen LogP contribution in [0, 0.1) is 18.8 Å². The molecule has 3 rings (SSSR count). The van der Waals surface area contributed by atoms with Crippen molar-refractivity contribution in [1.29, 1.82) is 0 Å². The molecule has 1 aromatic carbocycles. The molecule has 2 saturated heterocycles. The lowest BCUT2D eigenvalue weighted by Crippen LogP contribution is -2.43. The molecule has 0 bridgehead atoms. The number of likely N-dealkylation sites (tertiary alicyclic amines) is 2. The van der Waals surface area contributed by atoms with Crippen molar-refractivity contribution in [2.75, 3.05) is 20.1 Å². The van der Waals surface area contributed by atoms with Crippen LogP contribution < -0.4 is 0 Å². The first-order chi connectivity index (χ1) is 11.0. The van der Waals surface area contributed by atoms with Gasteiger partial charge in [0.1, 0.15) is 0 Å². The maximum atomic E-state index is 13.0. The van der Waals surface area contributed by atoms with Crippen molar-refractivity contribution < 1.29 is 9.59 Å². The molecule has 2 aliphatic rings. The molecule has 2 heterocycles. The Morgan fingerprint density at radius 3 is 2.57 bits per heavy atom. The van der Waals surface area contributed by atoms with Crippen molar-refractivity contribution >= 4 is 11.8 Å². The highest BCUT2D eigenvalue weighted by atomic mass is 16.2. The van der Waals surface area contributed by atoms with Crippen LogP contribution in [0.15, 0.2) is 24.3 Å². The lowest BCUT2D eigenvalue weighted by Gasteiger charge is -2.34. The van der Waals surface area contributed by atoms with Crippen molar-refractivity contribution in [3.63, 3.8) is 0 Å². The monoisotopic (exact) mass is 314 g/mol. The molecule has 4 nitrogen and oxygen atoms in total. The summed E-state index contributed by atoms with van der Waals surface area (Å²) in [5.41, 5.74) is 2.25. The van der Waals surface area contributed by atoms with Crippen LogP contribution in [-0.4, -0.2) is 41.8 Å². The molecule has 124 valence electrons. The van der Waals surface area contributed by atoms with E-state index in [1.54, 1.807) is 4.90 Å². The standard InChI is InChI=1S/C19H26N2O2/c1-13-6-8-15(9-7-13)18-16(11-17(22)20(18)3)19(23)21-10-4-5-14(2)12-21/h6-9,14,16,18H,4-5,10-12H2,1-3H3/t14-,16-,18-/m1/s1. The average Bonchev–Trinajstić information content (AvgIpc) is 2.83.